The molecule has 19 rings (SSSR count). The standard InChI is InChI=1S/C48H45N2.2C28H29N2.C24H21N2.2Ir.Pt/c1-30(2)41-26-32(4)23-25-43(41)50-44(42-27-31(3)22-24-33(42)5)29-49-48(50)40-21-15-20-39(28-40)47-35(7)45(37-16-11-9-12-17-37)34(6)46(36(47)8)38-18-13-10-14-19-38;1-19-11-10-12-20(2)26(19)25-18-29-27(22-13-8-7-9-14-22)30(25)24-16-15-23(17-21(24)3)28(4,5)6;1-19(2)23-15-11-16-24(20(3)4)27(23)26-18-29-28(22-13-7-6-8-14-22)30(26)25-17-10-9-12-21(25)5;1-17-10-7-8-15-21(17)26-22(23-18(2)11-9-12-19(23)3)16-25-24(26)20-13-5-4-6-14-20;;;/h9-20,22-30H,1-8H3;7-13,15-18H,1-6H3;6-13,15-20H,1-5H3;4-13,15-16H,1-3H3;;;/q4*-1;;;. The van der Waals surface area contributed by atoms with Crippen molar-refractivity contribution in [2.45, 2.75) is 175 Å². The second kappa shape index (κ2) is 45.4. The molecular weight excluding hydrogens is 2230 g/mol. The number of para-hydroxylation sites is 2. The maximum Gasteiger partial charge on any atom is 0.0639 e. The molecule has 2 radical (unpaired) electrons. The first kappa shape index (κ1) is 104. The van der Waals surface area contributed by atoms with Gasteiger partial charge in [-0.1, -0.05) is 261 Å². The van der Waals surface area contributed by atoms with Crippen molar-refractivity contribution >= 4 is 0 Å². The fraction of sp³-hybridized carbons (Fsp3) is 0.203. The molecular formula is C128H124Ir2N8Pt-4. The van der Waals surface area contributed by atoms with Crippen molar-refractivity contribution in [3.8, 4) is 147 Å². The number of imidazole rings is 4. The first-order valence-corrected chi connectivity index (χ1v) is 47.7. The van der Waals surface area contributed by atoms with E-state index in [1.807, 2.05) is 79.4 Å². The second-order valence-electron chi connectivity index (χ2n) is 38.3. The van der Waals surface area contributed by atoms with Gasteiger partial charge in [-0.15, -0.1) is 143 Å². The third kappa shape index (κ3) is 21.9. The number of aromatic nitrogens is 8. The molecule has 0 aliphatic rings. The minimum atomic E-state index is 0. The molecule has 0 aliphatic carbocycles. The van der Waals surface area contributed by atoms with Crippen LogP contribution >= 0.6 is 0 Å². The average molecular weight is 2350 g/mol. The summed E-state index contributed by atoms with van der Waals surface area (Å²) in [5.41, 5.74) is 47.3. The molecule has 4 heterocycles. The fourth-order valence-electron chi connectivity index (χ4n) is 19.6. The largest absolute Gasteiger partial charge is 0.333 e. The molecule has 0 saturated carbocycles. The van der Waals surface area contributed by atoms with E-state index in [9.17, 15) is 0 Å². The Labute approximate surface area is 867 Å². The Morgan fingerprint density at radius 3 is 1.01 bits per heavy atom. The summed E-state index contributed by atoms with van der Waals surface area (Å²) >= 11 is 0. The van der Waals surface area contributed by atoms with Crippen LogP contribution in [0.1, 0.15) is 175 Å². The van der Waals surface area contributed by atoms with E-state index in [0.717, 1.165) is 91.1 Å². The summed E-state index contributed by atoms with van der Waals surface area (Å²) in [4.78, 5) is 19.8. The van der Waals surface area contributed by atoms with Gasteiger partial charge in [-0.3, -0.25) is 19.9 Å². The third-order valence-electron chi connectivity index (χ3n) is 26.4. The molecule has 0 atom stereocenters. The maximum absolute atomic E-state index is 5.19. The molecule has 11 heteroatoms. The Morgan fingerprint density at radius 1 is 0.252 bits per heavy atom. The number of rotatable bonds is 18. The predicted octanol–water partition coefficient (Wildman–Crippen LogP) is 33.7. The summed E-state index contributed by atoms with van der Waals surface area (Å²) in [5, 5.41) is 0. The Balaban J connectivity index is 0.000000161. The molecule has 15 aromatic carbocycles. The molecule has 4 aromatic heterocycles. The molecule has 0 unspecified atom stereocenters. The van der Waals surface area contributed by atoms with Crippen molar-refractivity contribution in [3.63, 3.8) is 0 Å². The first-order valence-electron chi connectivity index (χ1n) is 47.7. The normalized spacial score (nSPS) is 11.1. The molecule has 0 bridgehead atoms. The molecule has 0 spiro atoms. The third-order valence-corrected chi connectivity index (χ3v) is 26.4. The number of benzene rings is 15. The van der Waals surface area contributed by atoms with Crippen LogP contribution in [0.25, 0.3) is 147 Å². The van der Waals surface area contributed by atoms with Gasteiger partial charge in [-0.05, 0) is 255 Å². The van der Waals surface area contributed by atoms with Crippen LogP contribution in [0.3, 0.4) is 0 Å². The minimum absolute atomic E-state index is 0. The Bertz CT molecular complexity index is 7360. The summed E-state index contributed by atoms with van der Waals surface area (Å²) in [6.07, 6.45) is 8.07. The van der Waals surface area contributed by atoms with Crippen molar-refractivity contribution in [2.75, 3.05) is 0 Å². The topological polar surface area (TPSA) is 71.3 Å². The fourth-order valence-corrected chi connectivity index (χ4v) is 19.6. The summed E-state index contributed by atoms with van der Waals surface area (Å²) in [5.74, 6) is 4.83. The van der Waals surface area contributed by atoms with Gasteiger partial charge in [-0.25, -0.2) is 0 Å². The smallest absolute Gasteiger partial charge is 0.0639 e. The summed E-state index contributed by atoms with van der Waals surface area (Å²) in [7, 11) is 0. The van der Waals surface area contributed by atoms with Gasteiger partial charge >= 0.3 is 0 Å². The monoisotopic (exact) mass is 2350 g/mol. The van der Waals surface area contributed by atoms with Crippen molar-refractivity contribution in [3.05, 3.63) is 453 Å². The molecule has 0 N–H and O–H groups in total. The van der Waals surface area contributed by atoms with Crippen LogP contribution in [0.15, 0.2) is 334 Å². The molecule has 708 valence electrons. The van der Waals surface area contributed by atoms with Crippen LogP contribution in [0.5, 0.6) is 0 Å². The van der Waals surface area contributed by atoms with E-state index in [1.54, 1.807) is 0 Å². The average Bonchev–Trinajstić information content (AvgIpc) is 1.70. The summed E-state index contributed by atoms with van der Waals surface area (Å²) < 4.78 is 9.24. The molecule has 19 aromatic rings. The van der Waals surface area contributed by atoms with Crippen LogP contribution in [-0.4, -0.2) is 38.2 Å². The van der Waals surface area contributed by atoms with Gasteiger partial charge < -0.3 is 18.3 Å². The van der Waals surface area contributed by atoms with Crippen LogP contribution in [-0.2, 0) is 66.7 Å². The SMILES string of the molecule is Cc1cc(C(C)(C)C)ccc1-n1c(-c2c(C)cccc2C)cnc1-c1[c-]cccc1.Cc1ccc(C)c(-c2cnc(-c3[c-]ccc(-c4c(C)c(-c5ccccc5)c(C)c(-c5ccccc5)c4C)c3)n2-c2ccc(C)cc2C(C)C)c1.Cc1ccccc1-n1c(-c2c(C(C)C)cccc2C(C)C)cnc1-c1[c-]cccc1.Cc1ccccc1-n1c(-c2c(C)cccc2C)cnc1-c1[c-]cccc1.[Ir].[Ir].[Pt]. The van der Waals surface area contributed by atoms with Crippen molar-refractivity contribution in [1.82, 2.24) is 38.2 Å². The van der Waals surface area contributed by atoms with Gasteiger partial charge in [0.25, 0.3) is 0 Å². The van der Waals surface area contributed by atoms with Crippen LogP contribution < -0.4 is 0 Å². The molecule has 8 nitrogen and oxygen atoms in total. The number of nitrogens with zero attached hydrogens (tertiary/aromatic N) is 8. The molecule has 0 fully saturated rings. The van der Waals surface area contributed by atoms with Crippen LogP contribution in [0.2, 0.25) is 0 Å². The van der Waals surface area contributed by atoms with Gasteiger partial charge in [0, 0.05) is 131 Å². The van der Waals surface area contributed by atoms with Crippen molar-refractivity contribution < 1.29 is 61.3 Å². The van der Waals surface area contributed by atoms with Crippen LogP contribution in [0.4, 0.5) is 0 Å². The quantitative estimate of drug-likeness (QED) is 0.0803. The second-order valence-corrected chi connectivity index (χ2v) is 38.3. The van der Waals surface area contributed by atoms with E-state index in [2.05, 4.69) is 450 Å². The van der Waals surface area contributed by atoms with Crippen molar-refractivity contribution in [1.29, 1.82) is 0 Å². The number of aryl methyl sites for hydroxylation is 10. The Kier molecular flexibility index (Phi) is 33.8. The zero-order chi connectivity index (χ0) is 95.9. The molecule has 0 aliphatic heterocycles. The number of hydrogen-bond acceptors (Lipinski definition) is 4. The maximum atomic E-state index is 5.19. The summed E-state index contributed by atoms with van der Waals surface area (Å²) in [6.45, 7) is 48.9. The zero-order valence-electron chi connectivity index (χ0n) is 84.0. The predicted molar refractivity (Wildman–Crippen MR) is 572 cm³/mol. The zero-order valence-corrected chi connectivity index (χ0v) is 91.1. The van der Waals surface area contributed by atoms with E-state index < -0.39 is 0 Å². The van der Waals surface area contributed by atoms with Gasteiger partial charge in [0.1, 0.15) is 0 Å². The Morgan fingerprint density at radius 2 is 0.597 bits per heavy atom. The van der Waals surface area contributed by atoms with Crippen LogP contribution in [0, 0.1) is 114 Å². The van der Waals surface area contributed by atoms with Gasteiger partial charge in [0.15, 0.2) is 0 Å². The number of hydrogen-bond donors (Lipinski definition) is 0. The van der Waals surface area contributed by atoms with Gasteiger partial charge in [0.2, 0.25) is 0 Å². The van der Waals surface area contributed by atoms with Gasteiger partial charge in [0.05, 0.1) is 46.1 Å². The first-order chi connectivity index (χ1) is 65.6. The van der Waals surface area contributed by atoms with E-state index in [1.165, 1.54) is 150 Å². The van der Waals surface area contributed by atoms with E-state index >= 15 is 0 Å². The molecule has 139 heavy (non-hydrogen) atoms. The minimum Gasteiger partial charge on any atom is -0.333 e. The van der Waals surface area contributed by atoms with Crippen molar-refractivity contribution in [2.24, 2.45) is 0 Å². The van der Waals surface area contributed by atoms with E-state index in [4.69, 9.17) is 19.9 Å². The van der Waals surface area contributed by atoms with E-state index in [0.29, 0.717) is 17.8 Å². The Hall–Kier alpha value is -12.9. The van der Waals surface area contributed by atoms with Gasteiger partial charge in [-0.2, -0.15) is 0 Å². The summed E-state index contributed by atoms with van der Waals surface area (Å²) in [6, 6.07) is 123. The molecule has 0 amide bonds. The van der Waals surface area contributed by atoms with E-state index in [-0.39, 0.29) is 66.7 Å². The molecule has 0 saturated heterocycles.